The Balaban J connectivity index is 2.29. The van der Waals surface area contributed by atoms with E-state index in [-0.39, 0.29) is 13.2 Å². The van der Waals surface area contributed by atoms with Crippen LogP contribution in [-0.2, 0) is 15.9 Å². The van der Waals surface area contributed by atoms with Crippen molar-refractivity contribution in [3.8, 4) is 0 Å². The molecule has 0 spiro atoms. The number of hydrogen-bond acceptors (Lipinski definition) is 6. The Morgan fingerprint density at radius 2 is 1.75 bits per heavy atom. The highest BCUT2D eigenvalue weighted by Crippen LogP contribution is 2.34. The quantitative estimate of drug-likeness (QED) is 0.493. The predicted octanol–water partition coefficient (Wildman–Crippen LogP) is 4.78. The van der Waals surface area contributed by atoms with E-state index in [1.807, 2.05) is 24.3 Å². The van der Waals surface area contributed by atoms with E-state index >= 15 is 0 Å². The highest BCUT2D eigenvalue weighted by molar-refractivity contribution is 7.80. The van der Waals surface area contributed by atoms with Gasteiger partial charge in [0.15, 0.2) is 5.11 Å². The van der Waals surface area contributed by atoms with Gasteiger partial charge in [-0.05, 0) is 62.7 Å². The number of nitrogens with one attached hydrogen (secondary N) is 2. The second-order valence-corrected chi connectivity index (χ2v) is 7.26. The van der Waals surface area contributed by atoms with E-state index in [4.69, 9.17) is 21.7 Å². The Bertz CT molecular complexity index is 877. The average Bonchev–Trinajstić information content (AvgIpc) is 2.98. The summed E-state index contributed by atoms with van der Waals surface area (Å²) in [5.41, 5.74) is 2.83. The van der Waals surface area contributed by atoms with Crippen molar-refractivity contribution >= 4 is 51.3 Å². The topological polar surface area (TPSA) is 76.7 Å². The van der Waals surface area contributed by atoms with Crippen LogP contribution in [0.1, 0.15) is 51.9 Å². The van der Waals surface area contributed by atoms with Crippen molar-refractivity contribution in [1.29, 1.82) is 0 Å². The molecule has 1 aromatic carbocycles. The fourth-order valence-corrected chi connectivity index (χ4v) is 3.95. The fourth-order valence-electron chi connectivity index (χ4n) is 2.58. The number of benzene rings is 1. The molecule has 0 unspecified atom stereocenters. The van der Waals surface area contributed by atoms with E-state index in [1.54, 1.807) is 20.8 Å². The van der Waals surface area contributed by atoms with Gasteiger partial charge in [0, 0.05) is 5.69 Å². The van der Waals surface area contributed by atoms with Crippen LogP contribution in [0.25, 0.3) is 0 Å². The summed E-state index contributed by atoms with van der Waals surface area (Å²) in [6.07, 6.45) is 0.912. The highest BCUT2D eigenvalue weighted by Gasteiger charge is 2.26. The van der Waals surface area contributed by atoms with Gasteiger partial charge >= 0.3 is 11.9 Å². The van der Waals surface area contributed by atoms with Crippen molar-refractivity contribution < 1.29 is 19.1 Å². The van der Waals surface area contributed by atoms with E-state index in [0.29, 0.717) is 26.1 Å². The molecule has 8 heteroatoms. The molecule has 150 valence electrons. The zero-order valence-corrected chi connectivity index (χ0v) is 18.0. The third-order valence-electron chi connectivity index (χ3n) is 3.91. The summed E-state index contributed by atoms with van der Waals surface area (Å²) in [5.74, 6) is -0.983. The van der Waals surface area contributed by atoms with Crippen LogP contribution in [0, 0.1) is 6.92 Å². The van der Waals surface area contributed by atoms with Gasteiger partial charge in [0.05, 0.1) is 18.8 Å². The predicted molar refractivity (Wildman–Crippen MR) is 117 cm³/mol. The number of rotatable bonds is 7. The first-order valence-corrected chi connectivity index (χ1v) is 10.3. The molecule has 0 atom stereocenters. The van der Waals surface area contributed by atoms with E-state index in [9.17, 15) is 9.59 Å². The van der Waals surface area contributed by atoms with Crippen LogP contribution in [0.2, 0.25) is 0 Å². The molecule has 0 aliphatic rings. The second kappa shape index (κ2) is 10.2. The number of thiocarbonyl (C=S) groups is 1. The van der Waals surface area contributed by atoms with Gasteiger partial charge in [-0.25, -0.2) is 9.59 Å². The molecule has 0 saturated carbocycles. The van der Waals surface area contributed by atoms with Gasteiger partial charge < -0.3 is 20.1 Å². The lowest BCUT2D eigenvalue weighted by Crippen LogP contribution is -2.20. The first kappa shape index (κ1) is 21.8. The number of carbonyl (C=O) groups excluding carboxylic acids is 2. The minimum atomic E-state index is -0.509. The minimum absolute atomic E-state index is 0.231. The fraction of sp³-hybridized carbons (Fsp3) is 0.350. The summed E-state index contributed by atoms with van der Waals surface area (Å²) in [6.45, 7) is 7.71. The van der Waals surface area contributed by atoms with Gasteiger partial charge in [0.1, 0.15) is 9.88 Å². The molecular weight excluding hydrogens is 396 g/mol. The second-order valence-electron chi connectivity index (χ2n) is 5.83. The SMILES string of the molecule is CCOC(=O)c1sc(NC(=S)Nc2cccc(CC)c2)c(C(=O)OCC)c1C. The molecule has 28 heavy (non-hydrogen) atoms. The standard InChI is InChI=1S/C20H24N2O4S2/c1-5-13-9-8-10-14(11-13)21-20(27)22-17-15(18(23)25-6-2)12(4)16(28-17)19(24)26-7-3/h8-11H,5-7H2,1-4H3,(H2,21,22,27). The molecule has 0 radical (unpaired) electrons. The van der Waals surface area contributed by atoms with Gasteiger partial charge in [-0.1, -0.05) is 19.1 Å². The van der Waals surface area contributed by atoms with Crippen LogP contribution >= 0.6 is 23.6 Å². The van der Waals surface area contributed by atoms with Crippen LogP contribution in [0.4, 0.5) is 10.7 Å². The molecule has 2 aromatic rings. The summed E-state index contributed by atoms with van der Waals surface area (Å²) in [4.78, 5) is 25.0. The first-order valence-electron chi connectivity index (χ1n) is 9.05. The van der Waals surface area contributed by atoms with Crippen LogP contribution < -0.4 is 10.6 Å². The van der Waals surface area contributed by atoms with Crippen LogP contribution in [0.3, 0.4) is 0 Å². The molecule has 6 nitrogen and oxygen atoms in total. The van der Waals surface area contributed by atoms with E-state index in [0.717, 1.165) is 23.4 Å². The molecule has 0 fully saturated rings. The summed E-state index contributed by atoms with van der Waals surface area (Å²) < 4.78 is 10.2. The lowest BCUT2D eigenvalue weighted by atomic mass is 10.1. The zero-order chi connectivity index (χ0) is 20.7. The third kappa shape index (κ3) is 5.30. The molecule has 0 aliphatic carbocycles. The number of esters is 2. The Hall–Kier alpha value is -2.45. The van der Waals surface area contributed by atoms with E-state index < -0.39 is 11.9 Å². The van der Waals surface area contributed by atoms with Crippen LogP contribution in [0.5, 0.6) is 0 Å². The maximum atomic E-state index is 12.4. The van der Waals surface area contributed by atoms with Gasteiger partial charge in [0.2, 0.25) is 0 Å². The zero-order valence-electron chi connectivity index (χ0n) is 16.4. The number of anilines is 2. The lowest BCUT2D eigenvalue weighted by molar-refractivity contribution is 0.0527. The van der Waals surface area contributed by atoms with Crippen LogP contribution in [0.15, 0.2) is 24.3 Å². The monoisotopic (exact) mass is 420 g/mol. The van der Waals surface area contributed by atoms with Crippen molar-refractivity contribution in [2.24, 2.45) is 0 Å². The highest BCUT2D eigenvalue weighted by atomic mass is 32.1. The maximum absolute atomic E-state index is 12.4. The molecule has 0 bridgehead atoms. The molecule has 1 aromatic heterocycles. The van der Waals surface area contributed by atoms with E-state index in [2.05, 4.69) is 17.6 Å². The Morgan fingerprint density at radius 1 is 1.07 bits per heavy atom. The summed E-state index contributed by atoms with van der Waals surface area (Å²) in [5, 5.41) is 6.89. The largest absolute Gasteiger partial charge is 0.462 e. The normalized spacial score (nSPS) is 10.3. The maximum Gasteiger partial charge on any atom is 0.348 e. The van der Waals surface area contributed by atoms with Crippen molar-refractivity contribution in [2.75, 3.05) is 23.8 Å². The Kier molecular flexibility index (Phi) is 7.95. The van der Waals surface area contributed by atoms with Gasteiger partial charge in [-0.2, -0.15) is 0 Å². The van der Waals surface area contributed by atoms with Crippen molar-refractivity contribution in [2.45, 2.75) is 34.1 Å². The molecule has 2 rings (SSSR count). The van der Waals surface area contributed by atoms with Gasteiger partial charge in [-0.15, -0.1) is 11.3 Å². The molecule has 0 saturated heterocycles. The minimum Gasteiger partial charge on any atom is -0.462 e. The molecule has 0 amide bonds. The van der Waals surface area contributed by atoms with E-state index in [1.165, 1.54) is 5.56 Å². The smallest absolute Gasteiger partial charge is 0.348 e. The number of ether oxygens (including phenoxy) is 2. The van der Waals surface area contributed by atoms with Crippen molar-refractivity contribution in [3.63, 3.8) is 0 Å². The first-order chi connectivity index (χ1) is 13.4. The Morgan fingerprint density at radius 3 is 2.39 bits per heavy atom. The lowest BCUT2D eigenvalue weighted by Gasteiger charge is -2.11. The number of carbonyl (C=O) groups is 2. The van der Waals surface area contributed by atoms with Crippen molar-refractivity contribution in [1.82, 2.24) is 0 Å². The van der Waals surface area contributed by atoms with Crippen LogP contribution in [-0.4, -0.2) is 30.3 Å². The molecule has 0 aliphatic heterocycles. The summed E-state index contributed by atoms with van der Waals surface area (Å²) >= 11 is 6.51. The Labute approximate surface area is 174 Å². The number of aryl methyl sites for hydroxylation is 1. The molecular formula is C20H24N2O4S2. The van der Waals surface area contributed by atoms with Gasteiger partial charge in [-0.3, -0.25) is 0 Å². The molecule has 1 heterocycles. The summed E-state index contributed by atoms with van der Waals surface area (Å²) in [6, 6.07) is 7.89. The summed E-state index contributed by atoms with van der Waals surface area (Å²) in [7, 11) is 0. The van der Waals surface area contributed by atoms with Gasteiger partial charge in [0.25, 0.3) is 0 Å². The van der Waals surface area contributed by atoms with Crippen molar-refractivity contribution in [3.05, 3.63) is 45.8 Å². The average molecular weight is 421 g/mol. The number of hydrogen-bond donors (Lipinski definition) is 2. The number of thiophene rings is 1. The third-order valence-corrected chi connectivity index (χ3v) is 5.30. The molecule has 2 N–H and O–H groups in total.